The molecule has 2 aromatic carbocycles. The highest BCUT2D eigenvalue weighted by molar-refractivity contribution is 7.15. The third-order valence-corrected chi connectivity index (χ3v) is 5.41. The van der Waals surface area contributed by atoms with Crippen molar-refractivity contribution in [3.63, 3.8) is 0 Å². The lowest BCUT2D eigenvalue weighted by atomic mass is 10.1. The highest BCUT2D eigenvalue weighted by atomic mass is 32.1. The normalized spacial score (nSPS) is 10.8. The Hall–Kier alpha value is -3.18. The van der Waals surface area contributed by atoms with Gasteiger partial charge in [-0.2, -0.15) is 0 Å². The molecular weight excluding hydrogens is 368 g/mol. The van der Waals surface area contributed by atoms with Crippen LogP contribution in [-0.2, 0) is 0 Å². The van der Waals surface area contributed by atoms with Gasteiger partial charge in [0.2, 0.25) is 0 Å². The monoisotopic (exact) mass is 388 g/mol. The number of thiophene rings is 1. The van der Waals surface area contributed by atoms with E-state index in [-0.39, 0.29) is 5.91 Å². The van der Waals surface area contributed by atoms with E-state index >= 15 is 0 Å². The first-order valence-corrected chi connectivity index (χ1v) is 9.97. The predicted octanol–water partition coefficient (Wildman–Crippen LogP) is 5.92. The minimum absolute atomic E-state index is 0.180. The molecule has 0 atom stereocenters. The SMILES string of the molecule is CCOc1ccccc1NC(=O)c1cc(-c2ccc(C)s2)nc2ccccc12. The van der Waals surface area contributed by atoms with Gasteiger partial charge >= 0.3 is 0 Å². The van der Waals surface area contributed by atoms with Crippen LogP contribution in [0.5, 0.6) is 5.75 Å². The van der Waals surface area contributed by atoms with Crippen LogP contribution in [-0.4, -0.2) is 17.5 Å². The van der Waals surface area contributed by atoms with Crippen molar-refractivity contribution < 1.29 is 9.53 Å². The largest absolute Gasteiger partial charge is 0.492 e. The average molecular weight is 388 g/mol. The van der Waals surface area contributed by atoms with E-state index in [2.05, 4.69) is 18.3 Å². The van der Waals surface area contributed by atoms with Crippen LogP contribution >= 0.6 is 11.3 Å². The molecule has 0 fully saturated rings. The van der Waals surface area contributed by atoms with E-state index in [9.17, 15) is 4.79 Å². The lowest BCUT2D eigenvalue weighted by molar-refractivity contribution is 0.102. The molecule has 0 saturated carbocycles. The average Bonchev–Trinajstić information content (AvgIpc) is 3.15. The van der Waals surface area contributed by atoms with Gasteiger partial charge in [-0.1, -0.05) is 30.3 Å². The van der Waals surface area contributed by atoms with Crippen molar-refractivity contribution in [2.75, 3.05) is 11.9 Å². The number of carbonyl (C=O) groups excluding carboxylic acids is 1. The lowest BCUT2D eigenvalue weighted by Gasteiger charge is -2.13. The molecular formula is C23H20N2O2S. The Morgan fingerprint density at radius 2 is 1.86 bits per heavy atom. The predicted molar refractivity (Wildman–Crippen MR) is 115 cm³/mol. The Morgan fingerprint density at radius 1 is 1.07 bits per heavy atom. The van der Waals surface area contributed by atoms with Gasteiger partial charge in [-0.25, -0.2) is 4.98 Å². The molecule has 0 radical (unpaired) electrons. The summed E-state index contributed by atoms with van der Waals surface area (Å²) in [6.07, 6.45) is 0. The number of aryl methyl sites for hydroxylation is 1. The molecule has 1 N–H and O–H groups in total. The third-order valence-electron chi connectivity index (χ3n) is 4.39. The fourth-order valence-electron chi connectivity index (χ4n) is 3.10. The van der Waals surface area contributed by atoms with Crippen molar-refractivity contribution in [2.24, 2.45) is 0 Å². The third kappa shape index (κ3) is 3.62. The smallest absolute Gasteiger partial charge is 0.256 e. The Balaban J connectivity index is 1.78. The number of hydrogen-bond acceptors (Lipinski definition) is 4. The van der Waals surface area contributed by atoms with E-state index < -0.39 is 0 Å². The molecule has 4 aromatic rings. The van der Waals surface area contributed by atoms with Crippen LogP contribution < -0.4 is 10.1 Å². The first-order chi connectivity index (χ1) is 13.7. The van der Waals surface area contributed by atoms with Crippen LogP contribution in [0.1, 0.15) is 22.2 Å². The molecule has 0 bridgehead atoms. The highest BCUT2D eigenvalue weighted by Crippen LogP contribution is 2.31. The number of hydrogen-bond donors (Lipinski definition) is 1. The van der Waals surface area contributed by atoms with Gasteiger partial charge in [0.15, 0.2) is 0 Å². The van der Waals surface area contributed by atoms with E-state index in [4.69, 9.17) is 9.72 Å². The van der Waals surface area contributed by atoms with Crippen LogP contribution in [0.2, 0.25) is 0 Å². The van der Waals surface area contributed by atoms with Gasteiger partial charge in [0, 0.05) is 10.3 Å². The number of fused-ring (bicyclic) bond motifs is 1. The van der Waals surface area contributed by atoms with Crippen molar-refractivity contribution in [1.29, 1.82) is 0 Å². The van der Waals surface area contributed by atoms with Crippen LogP contribution in [0.15, 0.2) is 66.7 Å². The van der Waals surface area contributed by atoms with Crippen LogP contribution in [0.25, 0.3) is 21.5 Å². The number of rotatable bonds is 5. The minimum atomic E-state index is -0.180. The fraction of sp³-hybridized carbons (Fsp3) is 0.130. The summed E-state index contributed by atoms with van der Waals surface area (Å²) >= 11 is 1.67. The zero-order chi connectivity index (χ0) is 19.5. The summed E-state index contributed by atoms with van der Waals surface area (Å²) in [5, 5.41) is 3.82. The van der Waals surface area contributed by atoms with Crippen molar-refractivity contribution in [2.45, 2.75) is 13.8 Å². The van der Waals surface area contributed by atoms with Gasteiger partial charge in [0.25, 0.3) is 5.91 Å². The molecule has 2 aromatic heterocycles. The van der Waals surface area contributed by atoms with Gasteiger partial charge in [-0.05, 0) is 50.2 Å². The Labute approximate surface area is 167 Å². The molecule has 140 valence electrons. The molecule has 2 heterocycles. The number of anilines is 1. The molecule has 0 aliphatic rings. The molecule has 0 aliphatic heterocycles. The van der Waals surface area contributed by atoms with Crippen molar-refractivity contribution in [1.82, 2.24) is 4.98 Å². The van der Waals surface area contributed by atoms with E-state index in [0.717, 1.165) is 21.5 Å². The molecule has 0 aliphatic carbocycles. The van der Waals surface area contributed by atoms with Gasteiger partial charge in [-0.15, -0.1) is 11.3 Å². The second-order valence-corrected chi connectivity index (χ2v) is 7.65. The molecule has 5 heteroatoms. The van der Waals surface area contributed by atoms with Crippen LogP contribution in [0, 0.1) is 6.92 Å². The Bertz CT molecular complexity index is 1150. The summed E-state index contributed by atoms with van der Waals surface area (Å²) in [4.78, 5) is 20.2. The topological polar surface area (TPSA) is 51.2 Å². The number of nitrogens with zero attached hydrogens (tertiary/aromatic N) is 1. The van der Waals surface area contributed by atoms with Gasteiger partial charge < -0.3 is 10.1 Å². The molecule has 1 amide bonds. The highest BCUT2D eigenvalue weighted by Gasteiger charge is 2.16. The summed E-state index contributed by atoms with van der Waals surface area (Å²) in [5.41, 5.74) is 2.86. The summed E-state index contributed by atoms with van der Waals surface area (Å²) in [6.45, 7) is 4.52. The zero-order valence-corrected chi connectivity index (χ0v) is 16.5. The van der Waals surface area contributed by atoms with E-state index in [1.165, 1.54) is 4.88 Å². The second-order valence-electron chi connectivity index (χ2n) is 6.37. The molecule has 4 rings (SSSR count). The van der Waals surface area contributed by atoms with E-state index in [1.807, 2.05) is 67.6 Å². The maximum atomic E-state index is 13.2. The van der Waals surface area contributed by atoms with E-state index in [1.54, 1.807) is 11.3 Å². The number of amides is 1. The van der Waals surface area contributed by atoms with Gasteiger partial charge in [0.05, 0.1) is 33.9 Å². The summed E-state index contributed by atoms with van der Waals surface area (Å²) in [7, 11) is 0. The number of pyridine rings is 1. The molecule has 0 spiro atoms. The summed E-state index contributed by atoms with van der Waals surface area (Å²) in [6, 6.07) is 21.2. The molecule has 4 nitrogen and oxygen atoms in total. The molecule has 0 saturated heterocycles. The number of para-hydroxylation sites is 3. The summed E-state index contributed by atoms with van der Waals surface area (Å²) in [5.74, 6) is 0.478. The number of carbonyl (C=O) groups is 1. The number of aromatic nitrogens is 1. The quantitative estimate of drug-likeness (QED) is 0.461. The Morgan fingerprint density at radius 3 is 2.64 bits per heavy atom. The minimum Gasteiger partial charge on any atom is -0.492 e. The standard InChI is InChI=1S/C23H20N2O2S/c1-3-27-21-11-7-6-10-19(21)25-23(26)17-14-20(22-13-12-15(2)28-22)24-18-9-5-4-8-16(17)18/h4-14H,3H2,1-2H3,(H,25,26). The van der Waals surface area contributed by atoms with Crippen molar-refractivity contribution in [3.05, 3.63) is 77.2 Å². The Kier molecular flexibility index (Phi) is 5.08. The second kappa shape index (κ2) is 7.82. The number of nitrogens with one attached hydrogen (secondary N) is 1. The molecule has 28 heavy (non-hydrogen) atoms. The van der Waals surface area contributed by atoms with Gasteiger partial charge in [-0.3, -0.25) is 4.79 Å². The number of ether oxygens (including phenoxy) is 1. The van der Waals surface area contributed by atoms with Crippen molar-refractivity contribution in [3.8, 4) is 16.3 Å². The maximum absolute atomic E-state index is 13.2. The molecule has 0 unspecified atom stereocenters. The maximum Gasteiger partial charge on any atom is 0.256 e. The number of benzene rings is 2. The lowest BCUT2D eigenvalue weighted by Crippen LogP contribution is -2.14. The summed E-state index contributed by atoms with van der Waals surface area (Å²) < 4.78 is 5.63. The fourth-order valence-corrected chi connectivity index (χ4v) is 3.93. The first-order valence-electron chi connectivity index (χ1n) is 9.15. The van der Waals surface area contributed by atoms with Gasteiger partial charge in [0.1, 0.15) is 5.75 Å². The van der Waals surface area contributed by atoms with Crippen LogP contribution in [0.4, 0.5) is 5.69 Å². The first kappa shape index (κ1) is 18.2. The zero-order valence-electron chi connectivity index (χ0n) is 15.7. The van der Waals surface area contributed by atoms with Crippen molar-refractivity contribution >= 4 is 33.8 Å². The van der Waals surface area contributed by atoms with E-state index in [0.29, 0.717) is 23.6 Å². The van der Waals surface area contributed by atoms with Crippen LogP contribution in [0.3, 0.4) is 0 Å².